The second-order valence-corrected chi connectivity index (χ2v) is 10.8. The number of phenolic OH excluding ortho intramolecular Hbond substituents is 1. The van der Waals surface area contributed by atoms with E-state index in [1.165, 1.54) is 46.3 Å². The van der Waals surface area contributed by atoms with Crippen LogP contribution in [-0.2, 0) is 11.2 Å². The van der Waals surface area contributed by atoms with Crippen LogP contribution < -0.4 is 0 Å². The van der Waals surface area contributed by atoms with Crippen LogP contribution in [0.15, 0.2) is 52.7 Å². The molecule has 2 nitrogen and oxygen atoms in total. The maximum absolute atomic E-state index is 10.8. The molecule has 1 heterocycles. The highest BCUT2D eigenvalue weighted by Gasteiger charge is 2.21. The first-order chi connectivity index (χ1) is 16.7. The van der Waals surface area contributed by atoms with Gasteiger partial charge in [0.1, 0.15) is 5.75 Å². The first kappa shape index (κ1) is 29.2. The van der Waals surface area contributed by atoms with E-state index in [2.05, 4.69) is 71.9 Å². The van der Waals surface area contributed by atoms with Crippen LogP contribution in [-0.4, -0.2) is 11.7 Å². The third-order valence-electron chi connectivity index (χ3n) is 7.34. The van der Waals surface area contributed by atoms with Crippen LogP contribution in [0.3, 0.4) is 0 Å². The van der Waals surface area contributed by atoms with Gasteiger partial charge in [0, 0.05) is 6.61 Å². The molecule has 1 fully saturated rings. The Morgan fingerprint density at radius 2 is 1.40 bits per heavy atom. The highest BCUT2D eigenvalue weighted by atomic mass is 16.5. The lowest BCUT2D eigenvalue weighted by Crippen LogP contribution is -2.13. The number of phenols is 1. The zero-order valence-electron chi connectivity index (χ0n) is 23.6. The molecule has 35 heavy (non-hydrogen) atoms. The Morgan fingerprint density at radius 1 is 0.829 bits per heavy atom. The maximum atomic E-state index is 10.8. The molecule has 1 aliphatic heterocycles. The summed E-state index contributed by atoms with van der Waals surface area (Å²) >= 11 is 0. The van der Waals surface area contributed by atoms with Crippen molar-refractivity contribution in [1.82, 2.24) is 0 Å². The van der Waals surface area contributed by atoms with Gasteiger partial charge in [-0.3, -0.25) is 0 Å². The zero-order valence-corrected chi connectivity index (χ0v) is 23.6. The van der Waals surface area contributed by atoms with E-state index in [4.69, 9.17) is 4.74 Å². The van der Waals surface area contributed by atoms with Gasteiger partial charge >= 0.3 is 0 Å². The molecule has 0 saturated carbocycles. The Morgan fingerprint density at radius 3 is 1.94 bits per heavy atom. The number of allylic oxidation sites excluding steroid dienone is 8. The van der Waals surface area contributed by atoms with E-state index in [1.807, 2.05) is 6.92 Å². The van der Waals surface area contributed by atoms with Crippen molar-refractivity contribution in [3.63, 3.8) is 0 Å². The summed E-state index contributed by atoms with van der Waals surface area (Å²) in [5.74, 6) is 0.450. The number of hydrogen-bond donors (Lipinski definition) is 1. The van der Waals surface area contributed by atoms with Gasteiger partial charge in [-0.05, 0) is 141 Å². The van der Waals surface area contributed by atoms with Crippen molar-refractivity contribution in [3.8, 4) is 5.75 Å². The van der Waals surface area contributed by atoms with Crippen molar-refractivity contribution < 1.29 is 9.84 Å². The molecule has 1 N–H and O–H groups in total. The number of aromatic hydroxyl groups is 1. The lowest BCUT2D eigenvalue weighted by Gasteiger charge is -2.26. The standard InChI is InChI=1S/C33H50O2/c1-24(2)13-10-14-25(3)15-11-16-26(4)17-12-18-27(5)20-21-30-23-31(28(6)29(7)33(30)34)32-19-8-9-22-35-32/h13,15,17,20,23,32,34H,8-12,14,16,18-19,21-22H2,1-7H3/b25-15+,26-17+,27-20+. The molecule has 0 spiro atoms. The minimum absolute atomic E-state index is 0.177. The smallest absolute Gasteiger partial charge is 0.122 e. The molecular formula is C33H50O2. The van der Waals surface area contributed by atoms with Crippen molar-refractivity contribution in [2.75, 3.05) is 6.61 Å². The molecule has 0 radical (unpaired) electrons. The summed E-state index contributed by atoms with van der Waals surface area (Å²) < 4.78 is 6.05. The largest absolute Gasteiger partial charge is 0.507 e. The highest BCUT2D eigenvalue weighted by Crippen LogP contribution is 2.36. The summed E-state index contributed by atoms with van der Waals surface area (Å²) in [5, 5.41) is 10.8. The molecule has 194 valence electrons. The molecule has 0 aliphatic carbocycles. The molecule has 0 amide bonds. The van der Waals surface area contributed by atoms with Crippen LogP contribution in [0.5, 0.6) is 5.75 Å². The van der Waals surface area contributed by atoms with E-state index in [0.29, 0.717) is 5.75 Å². The molecule has 2 heteroatoms. The molecule has 1 aromatic rings. The van der Waals surface area contributed by atoms with E-state index in [1.54, 1.807) is 0 Å². The van der Waals surface area contributed by atoms with E-state index < -0.39 is 0 Å². The molecule has 0 aromatic heterocycles. The summed E-state index contributed by atoms with van der Waals surface area (Å²) in [6.07, 6.45) is 20.6. The quantitative estimate of drug-likeness (QED) is 0.303. The fraction of sp³-hybridized carbons (Fsp3) is 0.576. The molecule has 1 aliphatic rings. The van der Waals surface area contributed by atoms with E-state index in [9.17, 15) is 5.11 Å². The Labute approximate surface area is 215 Å². The van der Waals surface area contributed by atoms with E-state index in [0.717, 1.165) is 69.1 Å². The minimum atomic E-state index is 0.177. The highest BCUT2D eigenvalue weighted by molar-refractivity contribution is 5.50. The van der Waals surface area contributed by atoms with Gasteiger partial charge in [0.25, 0.3) is 0 Å². The average molecular weight is 479 g/mol. The first-order valence-electron chi connectivity index (χ1n) is 13.7. The lowest BCUT2D eigenvalue weighted by molar-refractivity contribution is 0.0145. The summed E-state index contributed by atoms with van der Waals surface area (Å²) in [6.45, 7) is 16.1. The third kappa shape index (κ3) is 10.2. The first-order valence-corrected chi connectivity index (χ1v) is 13.7. The monoisotopic (exact) mass is 478 g/mol. The summed E-state index contributed by atoms with van der Waals surface area (Å²) in [4.78, 5) is 0. The molecular weight excluding hydrogens is 428 g/mol. The van der Waals surface area contributed by atoms with Gasteiger partial charge in [-0.2, -0.15) is 0 Å². The lowest BCUT2D eigenvalue weighted by atomic mass is 9.90. The van der Waals surface area contributed by atoms with Gasteiger partial charge in [-0.25, -0.2) is 0 Å². The Hall–Kier alpha value is -2.06. The molecule has 2 rings (SSSR count). The van der Waals surface area contributed by atoms with Crippen molar-refractivity contribution in [2.24, 2.45) is 0 Å². The summed E-state index contributed by atoms with van der Waals surface area (Å²) in [6, 6.07) is 2.19. The van der Waals surface area contributed by atoms with Gasteiger partial charge < -0.3 is 9.84 Å². The summed E-state index contributed by atoms with van der Waals surface area (Å²) in [7, 11) is 0. The second-order valence-electron chi connectivity index (χ2n) is 10.8. The number of hydrogen-bond acceptors (Lipinski definition) is 2. The van der Waals surface area contributed by atoms with Gasteiger partial charge in [-0.1, -0.05) is 46.6 Å². The molecule has 0 bridgehead atoms. The fourth-order valence-electron chi connectivity index (χ4n) is 4.75. The minimum Gasteiger partial charge on any atom is -0.507 e. The van der Waals surface area contributed by atoms with E-state index in [-0.39, 0.29) is 6.10 Å². The van der Waals surface area contributed by atoms with Crippen LogP contribution in [0, 0.1) is 13.8 Å². The van der Waals surface area contributed by atoms with Crippen LogP contribution in [0.1, 0.15) is 121 Å². The molecule has 1 unspecified atom stereocenters. The zero-order chi connectivity index (χ0) is 25.8. The SMILES string of the molecule is CC(C)=CCC/C(C)=C/CC/C(C)=C/CC/C(C)=C/Cc1cc(C2CCCCO2)c(C)c(C)c1O. The number of ether oxygens (including phenoxy) is 1. The Balaban J connectivity index is 1.86. The van der Waals surface area contributed by atoms with Crippen LogP contribution in [0.4, 0.5) is 0 Å². The van der Waals surface area contributed by atoms with Gasteiger partial charge in [-0.15, -0.1) is 0 Å². The molecule has 1 saturated heterocycles. The normalized spacial score (nSPS) is 17.6. The van der Waals surface area contributed by atoms with Gasteiger partial charge in [0.15, 0.2) is 0 Å². The predicted molar refractivity (Wildman–Crippen MR) is 152 cm³/mol. The summed E-state index contributed by atoms with van der Waals surface area (Å²) in [5.41, 5.74) is 10.2. The topological polar surface area (TPSA) is 29.5 Å². The third-order valence-corrected chi connectivity index (χ3v) is 7.34. The fourth-order valence-corrected chi connectivity index (χ4v) is 4.75. The van der Waals surface area contributed by atoms with Crippen LogP contribution in [0.2, 0.25) is 0 Å². The van der Waals surface area contributed by atoms with Crippen molar-refractivity contribution in [2.45, 2.75) is 119 Å². The van der Waals surface area contributed by atoms with Crippen LogP contribution >= 0.6 is 0 Å². The van der Waals surface area contributed by atoms with Crippen molar-refractivity contribution >= 4 is 0 Å². The van der Waals surface area contributed by atoms with Crippen molar-refractivity contribution in [1.29, 1.82) is 0 Å². The van der Waals surface area contributed by atoms with Crippen molar-refractivity contribution in [3.05, 3.63) is 74.9 Å². The van der Waals surface area contributed by atoms with E-state index >= 15 is 0 Å². The maximum Gasteiger partial charge on any atom is 0.122 e. The average Bonchev–Trinajstić information content (AvgIpc) is 2.82. The number of rotatable bonds is 12. The number of benzene rings is 1. The Bertz CT molecular complexity index is 932. The molecule has 1 aromatic carbocycles. The second kappa shape index (κ2) is 15.1. The predicted octanol–water partition coefficient (Wildman–Crippen LogP) is 9.94. The van der Waals surface area contributed by atoms with Crippen LogP contribution in [0.25, 0.3) is 0 Å². The molecule has 1 atom stereocenters. The van der Waals surface area contributed by atoms with Gasteiger partial charge in [0.2, 0.25) is 0 Å². The Kier molecular flexibility index (Phi) is 12.6. The van der Waals surface area contributed by atoms with Gasteiger partial charge in [0.05, 0.1) is 6.10 Å².